The molecular formula is C21H34ClN3O3. The average Bonchev–Trinajstić information content (AvgIpc) is 2.72. The molecular weight excluding hydrogens is 378 g/mol. The SMILES string of the molecule is COc1cc(NCCCCCCN)c(Cl)cc1C(=O)OCCN1CCCCC1. The van der Waals surface area contributed by atoms with Gasteiger partial charge in [0.25, 0.3) is 0 Å². The zero-order valence-electron chi connectivity index (χ0n) is 17.0. The van der Waals surface area contributed by atoms with E-state index in [2.05, 4.69) is 10.2 Å². The molecule has 0 radical (unpaired) electrons. The van der Waals surface area contributed by atoms with Gasteiger partial charge >= 0.3 is 5.97 Å². The van der Waals surface area contributed by atoms with Crippen LogP contribution in [0.1, 0.15) is 55.3 Å². The minimum absolute atomic E-state index is 0.361. The van der Waals surface area contributed by atoms with E-state index in [-0.39, 0.29) is 0 Å². The van der Waals surface area contributed by atoms with Gasteiger partial charge in [-0.05, 0) is 51.4 Å². The van der Waals surface area contributed by atoms with Crippen molar-refractivity contribution in [2.75, 3.05) is 51.8 Å². The number of hydrogen-bond acceptors (Lipinski definition) is 6. The zero-order chi connectivity index (χ0) is 20.2. The van der Waals surface area contributed by atoms with Gasteiger partial charge in [0, 0.05) is 19.2 Å². The van der Waals surface area contributed by atoms with Crippen LogP contribution in [0.3, 0.4) is 0 Å². The van der Waals surface area contributed by atoms with Gasteiger partial charge in [0.2, 0.25) is 0 Å². The number of carbonyl (C=O) groups excluding carboxylic acids is 1. The van der Waals surface area contributed by atoms with Crippen molar-refractivity contribution in [3.05, 3.63) is 22.7 Å². The number of ether oxygens (including phenoxy) is 2. The highest BCUT2D eigenvalue weighted by Gasteiger charge is 2.18. The summed E-state index contributed by atoms with van der Waals surface area (Å²) in [6.07, 6.45) is 8.09. The number of nitrogens with one attached hydrogen (secondary N) is 1. The van der Waals surface area contributed by atoms with Crippen molar-refractivity contribution >= 4 is 23.3 Å². The summed E-state index contributed by atoms with van der Waals surface area (Å²) < 4.78 is 10.8. The molecule has 0 bridgehead atoms. The molecule has 2 rings (SSSR count). The molecule has 0 saturated carbocycles. The lowest BCUT2D eigenvalue weighted by Crippen LogP contribution is -2.33. The Hall–Kier alpha value is -1.50. The highest BCUT2D eigenvalue weighted by Crippen LogP contribution is 2.31. The smallest absolute Gasteiger partial charge is 0.342 e. The summed E-state index contributed by atoms with van der Waals surface area (Å²) in [6.45, 7) is 4.87. The summed E-state index contributed by atoms with van der Waals surface area (Å²) in [7, 11) is 1.55. The molecule has 1 aliphatic heterocycles. The minimum Gasteiger partial charge on any atom is -0.496 e. The Labute approximate surface area is 173 Å². The normalized spacial score (nSPS) is 14.7. The van der Waals surface area contributed by atoms with E-state index in [0.717, 1.165) is 64.1 Å². The fraction of sp³-hybridized carbons (Fsp3) is 0.667. The second kappa shape index (κ2) is 12.9. The summed E-state index contributed by atoms with van der Waals surface area (Å²) in [5, 5.41) is 3.81. The Morgan fingerprint density at radius 2 is 1.93 bits per heavy atom. The van der Waals surface area contributed by atoms with Crippen molar-refractivity contribution in [1.82, 2.24) is 4.90 Å². The number of anilines is 1. The topological polar surface area (TPSA) is 76.8 Å². The maximum atomic E-state index is 12.5. The van der Waals surface area contributed by atoms with Crippen molar-refractivity contribution in [2.24, 2.45) is 5.73 Å². The third-order valence-electron chi connectivity index (χ3n) is 5.04. The molecule has 7 heteroatoms. The molecule has 0 spiro atoms. The minimum atomic E-state index is -0.399. The van der Waals surface area contributed by atoms with E-state index in [0.29, 0.717) is 22.9 Å². The van der Waals surface area contributed by atoms with Gasteiger partial charge in [0.05, 0.1) is 17.8 Å². The van der Waals surface area contributed by atoms with Crippen molar-refractivity contribution in [3.63, 3.8) is 0 Å². The Kier molecular flexibility index (Phi) is 10.5. The number of piperidine rings is 1. The fourth-order valence-electron chi connectivity index (χ4n) is 3.39. The Morgan fingerprint density at radius 1 is 1.18 bits per heavy atom. The van der Waals surface area contributed by atoms with Crippen molar-refractivity contribution < 1.29 is 14.3 Å². The average molecular weight is 412 g/mol. The molecule has 6 nitrogen and oxygen atoms in total. The number of unbranched alkanes of at least 4 members (excludes halogenated alkanes) is 3. The van der Waals surface area contributed by atoms with Crippen LogP contribution in [0.4, 0.5) is 5.69 Å². The van der Waals surface area contributed by atoms with E-state index < -0.39 is 5.97 Å². The van der Waals surface area contributed by atoms with E-state index in [1.807, 2.05) is 0 Å². The third-order valence-corrected chi connectivity index (χ3v) is 5.36. The summed E-state index contributed by atoms with van der Waals surface area (Å²) in [4.78, 5) is 14.8. The molecule has 1 heterocycles. The van der Waals surface area contributed by atoms with Crippen LogP contribution in [0, 0.1) is 0 Å². The van der Waals surface area contributed by atoms with Crippen molar-refractivity contribution in [3.8, 4) is 5.75 Å². The zero-order valence-corrected chi connectivity index (χ0v) is 17.7. The number of rotatable bonds is 12. The first-order valence-corrected chi connectivity index (χ1v) is 10.7. The standard InChI is InChI=1S/C21H34ClN3O3/c1-27-20-16-19(24-10-6-3-2-5-9-23)18(22)15-17(20)21(26)28-14-13-25-11-7-4-8-12-25/h15-16,24H,2-14,23H2,1H3. The van der Waals surface area contributed by atoms with E-state index >= 15 is 0 Å². The first kappa shape index (κ1) is 22.8. The lowest BCUT2D eigenvalue weighted by Gasteiger charge is -2.26. The second-order valence-corrected chi connectivity index (χ2v) is 7.61. The number of benzene rings is 1. The van der Waals surface area contributed by atoms with Gasteiger partial charge < -0.3 is 20.5 Å². The molecule has 0 unspecified atom stereocenters. The lowest BCUT2D eigenvalue weighted by atomic mass is 10.1. The summed E-state index contributed by atoms with van der Waals surface area (Å²) in [6, 6.07) is 3.39. The van der Waals surface area contributed by atoms with Crippen LogP contribution in [-0.4, -0.2) is 57.3 Å². The first-order chi connectivity index (χ1) is 13.7. The number of halogens is 1. The van der Waals surface area contributed by atoms with Crippen molar-refractivity contribution in [2.45, 2.75) is 44.9 Å². The molecule has 1 saturated heterocycles. The van der Waals surface area contributed by atoms with Crippen molar-refractivity contribution in [1.29, 1.82) is 0 Å². The van der Waals surface area contributed by atoms with Gasteiger partial charge in [-0.1, -0.05) is 30.9 Å². The molecule has 158 valence electrons. The van der Waals surface area contributed by atoms with Gasteiger partial charge in [0.1, 0.15) is 17.9 Å². The Bertz CT molecular complexity index is 607. The van der Waals surface area contributed by atoms with E-state index in [9.17, 15) is 4.79 Å². The summed E-state index contributed by atoms with van der Waals surface area (Å²) in [5.41, 5.74) is 6.63. The maximum absolute atomic E-state index is 12.5. The van der Waals surface area contributed by atoms with Crippen LogP contribution in [0.2, 0.25) is 5.02 Å². The number of hydrogen-bond donors (Lipinski definition) is 2. The molecule has 0 aromatic heterocycles. The number of nitrogens with zero attached hydrogens (tertiary/aromatic N) is 1. The second-order valence-electron chi connectivity index (χ2n) is 7.20. The molecule has 1 aromatic carbocycles. The van der Waals surface area contributed by atoms with Gasteiger partial charge in [-0.3, -0.25) is 4.90 Å². The van der Waals surface area contributed by atoms with Crippen LogP contribution in [0.25, 0.3) is 0 Å². The van der Waals surface area contributed by atoms with Crippen LogP contribution < -0.4 is 15.8 Å². The molecule has 28 heavy (non-hydrogen) atoms. The van der Waals surface area contributed by atoms with E-state index in [4.69, 9.17) is 26.8 Å². The molecule has 3 N–H and O–H groups in total. The molecule has 1 aromatic rings. The lowest BCUT2D eigenvalue weighted by molar-refractivity contribution is 0.0448. The summed E-state index contributed by atoms with van der Waals surface area (Å²) in [5.74, 6) is 0.0714. The highest BCUT2D eigenvalue weighted by molar-refractivity contribution is 6.33. The molecule has 0 amide bonds. The van der Waals surface area contributed by atoms with Gasteiger partial charge in [-0.25, -0.2) is 4.79 Å². The quantitative estimate of drug-likeness (QED) is 0.401. The van der Waals surface area contributed by atoms with Gasteiger partial charge in [-0.2, -0.15) is 0 Å². The predicted molar refractivity (Wildman–Crippen MR) is 115 cm³/mol. The number of esters is 1. The van der Waals surface area contributed by atoms with Crippen LogP contribution in [0.15, 0.2) is 12.1 Å². The largest absolute Gasteiger partial charge is 0.496 e. The molecule has 0 aliphatic carbocycles. The number of methoxy groups -OCH3 is 1. The third kappa shape index (κ3) is 7.49. The summed E-state index contributed by atoms with van der Waals surface area (Å²) >= 11 is 6.37. The van der Waals surface area contributed by atoms with Gasteiger partial charge in [-0.15, -0.1) is 0 Å². The van der Waals surface area contributed by atoms with Crippen LogP contribution >= 0.6 is 11.6 Å². The number of carbonyl (C=O) groups is 1. The number of likely N-dealkylation sites (tertiary alicyclic amines) is 1. The first-order valence-electron chi connectivity index (χ1n) is 10.4. The Morgan fingerprint density at radius 3 is 2.64 bits per heavy atom. The molecule has 0 atom stereocenters. The fourth-order valence-corrected chi connectivity index (χ4v) is 3.62. The predicted octanol–water partition coefficient (Wildman–Crippen LogP) is 3.92. The van der Waals surface area contributed by atoms with Gasteiger partial charge in [0.15, 0.2) is 0 Å². The Balaban J connectivity index is 1.85. The van der Waals surface area contributed by atoms with E-state index in [1.165, 1.54) is 19.3 Å². The number of nitrogens with two attached hydrogens (primary N) is 1. The molecule has 1 fully saturated rings. The highest BCUT2D eigenvalue weighted by atomic mass is 35.5. The monoisotopic (exact) mass is 411 g/mol. The van der Waals surface area contributed by atoms with Crippen LogP contribution in [0.5, 0.6) is 5.75 Å². The maximum Gasteiger partial charge on any atom is 0.342 e. The van der Waals surface area contributed by atoms with Crippen LogP contribution in [-0.2, 0) is 4.74 Å². The molecule has 1 aliphatic rings. The van der Waals surface area contributed by atoms with E-state index in [1.54, 1.807) is 19.2 Å².